The topological polar surface area (TPSA) is 99.6 Å². The molecule has 3 aromatic carbocycles. The highest BCUT2D eigenvalue weighted by Crippen LogP contribution is 2.36. The van der Waals surface area contributed by atoms with Crippen molar-refractivity contribution in [2.75, 3.05) is 22.1 Å². The number of anilines is 3. The molecule has 3 N–H and O–H groups in total. The molecule has 0 saturated carbocycles. The zero-order valence-corrected chi connectivity index (χ0v) is 18.0. The van der Waals surface area contributed by atoms with Gasteiger partial charge in [0.2, 0.25) is 0 Å². The van der Waals surface area contributed by atoms with Crippen LogP contribution in [0, 0.1) is 0 Å². The summed E-state index contributed by atoms with van der Waals surface area (Å²) >= 11 is 0. The van der Waals surface area contributed by atoms with E-state index in [9.17, 15) is 9.59 Å². The van der Waals surface area contributed by atoms with E-state index >= 15 is 0 Å². The van der Waals surface area contributed by atoms with Crippen LogP contribution < -0.4 is 20.3 Å². The van der Waals surface area contributed by atoms with E-state index in [2.05, 4.69) is 15.6 Å². The number of hydrogen-bond donors (Lipinski definition) is 3. The van der Waals surface area contributed by atoms with Gasteiger partial charge in [-0.15, -0.1) is 0 Å². The monoisotopic (exact) mass is 452 g/mol. The minimum atomic E-state index is -0.372. The second-order valence-corrected chi connectivity index (χ2v) is 8.14. The van der Waals surface area contributed by atoms with Gasteiger partial charge in [0.15, 0.2) is 6.61 Å². The van der Waals surface area contributed by atoms with Gasteiger partial charge in [-0.1, -0.05) is 18.2 Å². The van der Waals surface area contributed by atoms with Crippen LogP contribution >= 0.6 is 0 Å². The molecule has 1 aliphatic heterocycles. The minimum Gasteiger partial charge on any atom is -0.481 e. The van der Waals surface area contributed by atoms with E-state index in [1.165, 1.54) is 0 Å². The van der Waals surface area contributed by atoms with Crippen molar-refractivity contribution >= 4 is 50.7 Å². The number of hydrogen-bond acceptors (Lipinski definition) is 4. The third-order valence-electron chi connectivity index (χ3n) is 5.86. The van der Waals surface area contributed by atoms with Gasteiger partial charge in [0.05, 0.1) is 24.8 Å². The van der Waals surface area contributed by atoms with Crippen molar-refractivity contribution in [3.63, 3.8) is 0 Å². The Morgan fingerprint density at radius 1 is 0.912 bits per heavy atom. The number of nitrogens with one attached hydrogen (secondary N) is 3. The van der Waals surface area contributed by atoms with E-state index in [4.69, 9.17) is 9.15 Å². The van der Waals surface area contributed by atoms with Crippen LogP contribution in [0.25, 0.3) is 21.7 Å². The largest absolute Gasteiger partial charge is 0.481 e. The summed E-state index contributed by atoms with van der Waals surface area (Å²) in [5.74, 6) is 0.410. The molecule has 0 fully saturated rings. The molecule has 1 aliphatic rings. The number of benzene rings is 3. The lowest BCUT2D eigenvalue weighted by atomic mass is 10.1. The molecule has 8 heteroatoms. The lowest BCUT2D eigenvalue weighted by Crippen LogP contribution is -2.38. The van der Waals surface area contributed by atoms with Gasteiger partial charge in [0.25, 0.3) is 5.91 Å². The van der Waals surface area contributed by atoms with Crippen LogP contribution in [0.3, 0.4) is 0 Å². The molecule has 0 atom stereocenters. The van der Waals surface area contributed by atoms with Gasteiger partial charge in [0, 0.05) is 39.9 Å². The SMILES string of the molecule is O=C(Nc1ccc2c(c1)OCC(=O)N2Cc1ccc2cocc2c1)Nc1ccc2cc[nH]c2c1. The van der Waals surface area contributed by atoms with Gasteiger partial charge in [0.1, 0.15) is 5.75 Å². The highest BCUT2D eigenvalue weighted by atomic mass is 16.5. The van der Waals surface area contributed by atoms with Crippen LogP contribution in [-0.4, -0.2) is 23.5 Å². The van der Waals surface area contributed by atoms with Crippen molar-refractivity contribution in [1.82, 2.24) is 4.98 Å². The normalized spacial score (nSPS) is 13.1. The van der Waals surface area contributed by atoms with Crippen LogP contribution in [0.15, 0.2) is 83.8 Å². The average Bonchev–Trinajstić information content (AvgIpc) is 3.49. The third-order valence-corrected chi connectivity index (χ3v) is 5.86. The minimum absolute atomic E-state index is 0.0627. The summed E-state index contributed by atoms with van der Waals surface area (Å²) in [6.45, 7) is 0.345. The number of amides is 3. The number of furan rings is 1. The maximum atomic E-state index is 12.6. The number of H-pyrrole nitrogens is 1. The first-order valence-corrected chi connectivity index (χ1v) is 10.8. The second-order valence-electron chi connectivity index (χ2n) is 8.14. The Morgan fingerprint density at radius 3 is 2.62 bits per heavy atom. The number of rotatable bonds is 4. The molecule has 0 bridgehead atoms. The second kappa shape index (κ2) is 8.00. The highest BCUT2D eigenvalue weighted by molar-refractivity contribution is 6.02. The summed E-state index contributed by atoms with van der Waals surface area (Å²) < 4.78 is 10.9. The number of carbonyl (C=O) groups excluding carboxylic acids is 2. The van der Waals surface area contributed by atoms with Crippen molar-refractivity contribution in [3.8, 4) is 5.75 Å². The molecule has 2 aromatic heterocycles. The molecule has 8 nitrogen and oxygen atoms in total. The summed E-state index contributed by atoms with van der Waals surface area (Å²) in [6, 6.07) is 18.5. The van der Waals surface area contributed by atoms with Gasteiger partial charge < -0.3 is 29.7 Å². The maximum Gasteiger partial charge on any atom is 0.323 e. The zero-order valence-electron chi connectivity index (χ0n) is 18.0. The first-order valence-electron chi connectivity index (χ1n) is 10.8. The molecule has 3 amide bonds. The molecule has 6 rings (SSSR count). The standard InChI is InChI=1S/C26H20N4O4/c31-25-15-34-24-11-21(29-26(32)28-20-4-3-17-7-8-27-22(17)10-20)5-6-23(24)30(25)12-16-1-2-18-13-33-14-19(18)9-16/h1-11,13-14,27H,12,15H2,(H2,28,29,32). The van der Waals surface area contributed by atoms with E-state index < -0.39 is 0 Å². The fourth-order valence-corrected chi connectivity index (χ4v) is 4.17. The first kappa shape index (κ1) is 19.9. The number of aromatic nitrogens is 1. The molecule has 5 aromatic rings. The summed E-state index contributed by atoms with van der Waals surface area (Å²) in [6.07, 6.45) is 5.23. The highest BCUT2D eigenvalue weighted by Gasteiger charge is 2.26. The van der Waals surface area contributed by atoms with Crippen LogP contribution in [0.5, 0.6) is 5.75 Å². The summed E-state index contributed by atoms with van der Waals surface area (Å²) in [5, 5.41) is 8.72. The van der Waals surface area contributed by atoms with E-state index in [1.807, 2.05) is 48.7 Å². The molecule has 34 heavy (non-hydrogen) atoms. The maximum absolute atomic E-state index is 12.6. The molecule has 3 heterocycles. The Morgan fingerprint density at radius 2 is 1.71 bits per heavy atom. The van der Waals surface area contributed by atoms with Crippen LogP contribution in [-0.2, 0) is 11.3 Å². The Bertz CT molecular complexity index is 1550. The summed E-state index contributed by atoms with van der Waals surface area (Å²) in [7, 11) is 0. The van der Waals surface area contributed by atoms with Crippen molar-refractivity contribution in [1.29, 1.82) is 0 Å². The van der Waals surface area contributed by atoms with Crippen LogP contribution in [0.4, 0.5) is 21.9 Å². The van der Waals surface area contributed by atoms with Gasteiger partial charge in [-0.2, -0.15) is 0 Å². The molecular weight excluding hydrogens is 432 g/mol. The van der Waals surface area contributed by atoms with Crippen LogP contribution in [0.2, 0.25) is 0 Å². The van der Waals surface area contributed by atoms with Crippen LogP contribution in [0.1, 0.15) is 5.56 Å². The number of nitrogens with zero attached hydrogens (tertiary/aromatic N) is 1. The summed E-state index contributed by atoms with van der Waals surface area (Å²) in [4.78, 5) is 30.0. The number of fused-ring (bicyclic) bond motifs is 3. The fraction of sp³-hybridized carbons (Fsp3) is 0.0769. The van der Waals surface area contributed by atoms with E-state index in [1.54, 1.807) is 35.6 Å². The van der Waals surface area contributed by atoms with Crippen molar-refractivity contribution < 1.29 is 18.7 Å². The number of carbonyl (C=O) groups is 2. The van der Waals surface area contributed by atoms with Crippen molar-refractivity contribution in [2.45, 2.75) is 6.54 Å². The number of ether oxygens (including phenoxy) is 1. The third kappa shape index (κ3) is 3.71. The quantitative estimate of drug-likeness (QED) is 0.336. The predicted octanol–water partition coefficient (Wildman–Crippen LogP) is 5.48. The molecule has 0 unspecified atom stereocenters. The molecular formula is C26H20N4O4. The molecule has 0 radical (unpaired) electrons. The lowest BCUT2D eigenvalue weighted by molar-refractivity contribution is -0.121. The number of urea groups is 1. The van der Waals surface area contributed by atoms with Gasteiger partial charge in [-0.05, 0) is 47.3 Å². The van der Waals surface area contributed by atoms with Crippen molar-refractivity contribution in [3.05, 3.63) is 85.0 Å². The van der Waals surface area contributed by atoms with E-state index in [0.29, 0.717) is 29.4 Å². The van der Waals surface area contributed by atoms with Gasteiger partial charge >= 0.3 is 6.03 Å². The van der Waals surface area contributed by atoms with Gasteiger partial charge in [-0.25, -0.2) is 4.79 Å². The molecule has 0 spiro atoms. The lowest BCUT2D eigenvalue weighted by Gasteiger charge is -2.30. The average molecular weight is 452 g/mol. The fourth-order valence-electron chi connectivity index (χ4n) is 4.17. The molecule has 0 saturated heterocycles. The Kier molecular flexibility index (Phi) is 4.69. The molecule has 0 aliphatic carbocycles. The Hall–Kier alpha value is -4.72. The van der Waals surface area contributed by atoms with E-state index in [-0.39, 0.29) is 18.5 Å². The Balaban J connectivity index is 1.19. The number of aromatic amines is 1. The first-order chi connectivity index (χ1) is 16.6. The van der Waals surface area contributed by atoms with Crippen molar-refractivity contribution in [2.24, 2.45) is 0 Å². The summed E-state index contributed by atoms with van der Waals surface area (Å²) in [5.41, 5.74) is 3.82. The Labute approximate surface area is 194 Å². The predicted molar refractivity (Wildman–Crippen MR) is 130 cm³/mol. The molecule has 168 valence electrons. The van der Waals surface area contributed by atoms with E-state index in [0.717, 1.165) is 27.2 Å². The zero-order chi connectivity index (χ0) is 23.1. The van der Waals surface area contributed by atoms with Gasteiger partial charge in [-0.3, -0.25) is 4.79 Å². The smallest absolute Gasteiger partial charge is 0.323 e.